The molecule has 148 valence electrons. The van der Waals surface area contributed by atoms with Crippen LogP contribution in [-0.2, 0) is 9.53 Å². The summed E-state index contributed by atoms with van der Waals surface area (Å²) < 4.78 is 21.0. The van der Waals surface area contributed by atoms with Crippen molar-refractivity contribution in [2.24, 2.45) is 0 Å². The molecule has 1 aliphatic rings. The number of aliphatic hydroxyl groups is 1. The van der Waals surface area contributed by atoms with E-state index in [1.165, 1.54) is 12.1 Å². The van der Waals surface area contributed by atoms with Gasteiger partial charge in [0.05, 0.1) is 6.08 Å². The normalized spacial score (nSPS) is 17.2. The Bertz CT molecular complexity index is 1120. The standard InChI is InChI=1S/C24H22FNO3/c1-15(2)26-21-6-4-3-5-20(21)24(16-7-9-17(25)10-8-16)22(26)12-11-19-13-18(27)14-23(28)29-19/h3-12,14-15,19,27H,13H2,1-2H3. The zero-order chi connectivity index (χ0) is 20.5. The minimum atomic E-state index is -0.549. The molecule has 3 aromatic rings. The van der Waals surface area contributed by atoms with E-state index in [2.05, 4.69) is 30.5 Å². The molecule has 0 radical (unpaired) electrons. The summed E-state index contributed by atoms with van der Waals surface area (Å²) in [7, 11) is 0. The number of carbonyl (C=O) groups excluding carboxylic acids is 1. The van der Waals surface area contributed by atoms with Gasteiger partial charge in [-0.05, 0) is 49.8 Å². The van der Waals surface area contributed by atoms with Gasteiger partial charge in [0, 0.05) is 34.6 Å². The maximum atomic E-state index is 13.5. The van der Waals surface area contributed by atoms with Gasteiger partial charge < -0.3 is 14.4 Å². The molecule has 1 N–H and O–H groups in total. The van der Waals surface area contributed by atoms with Crippen LogP contribution in [0.25, 0.3) is 28.1 Å². The lowest BCUT2D eigenvalue weighted by molar-refractivity contribution is -0.142. The van der Waals surface area contributed by atoms with Crippen molar-refractivity contribution >= 4 is 22.9 Å². The zero-order valence-electron chi connectivity index (χ0n) is 16.3. The van der Waals surface area contributed by atoms with Crippen molar-refractivity contribution in [2.45, 2.75) is 32.4 Å². The molecule has 0 bridgehead atoms. The van der Waals surface area contributed by atoms with Crippen LogP contribution in [0.3, 0.4) is 0 Å². The number of hydrogen-bond acceptors (Lipinski definition) is 3. The second-order valence-electron chi connectivity index (χ2n) is 7.42. The average molecular weight is 391 g/mol. The molecule has 2 heterocycles. The van der Waals surface area contributed by atoms with Gasteiger partial charge in [-0.1, -0.05) is 30.3 Å². The quantitative estimate of drug-likeness (QED) is 0.572. The molecule has 0 saturated carbocycles. The highest BCUT2D eigenvalue weighted by Gasteiger charge is 2.21. The van der Waals surface area contributed by atoms with Gasteiger partial charge in [-0.2, -0.15) is 0 Å². The number of esters is 1. The number of hydrogen-bond donors (Lipinski definition) is 1. The Morgan fingerprint density at radius 3 is 2.59 bits per heavy atom. The third kappa shape index (κ3) is 3.68. The molecule has 2 aromatic carbocycles. The topological polar surface area (TPSA) is 51.5 Å². The average Bonchev–Trinajstić information content (AvgIpc) is 3.00. The van der Waals surface area contributed by atoms with Crippen LogP contribution in [0.15, 0.2) is 66.4 Å². The molecule has 1 aliphatic heterocycles. The number of para-hydroxylation sites is 1. The van der Waals surface area contributed by atoms with Gasteiger partial charge in [0.25, 0.3) is 0 Å². The first-order valence-electron chi connectivity index (χ1n) is 9.61. The molecule has 0 aliphatic carbocycles. The highest BCUT2D eigenvalue weighted by atomic mass is 19.1. The number of cyclic esters (lactones) is 1. The van der Waals surface area contributed by atoms with E-state index < -0.39 is 12.1 Å². The van der Waals surface area contributed by atoms with Crippen LogP contribution in [0.1, 0.15) is 32.0 Å². The molecule has 4 rings (SSSR count). The summed E-state index contributed by atoms with van der Waals surface area (Å²) in [6.45, 7) is 4.21. The van der Waals surface area contributed by atoms with Crippen LogP contribution in [0, 0.1) is 5.82 Å². The van der Waals surface area contributed by atoms with Gasteiger partial charge >= 0.3 is 5.97 Å². The first kappa shape index (κ1) is 19.0. The lowest BCUT2D eigenvalue weighted by Crippen LogP contribution is -2.20. The van der Waals surface area contributed by atoms with Crippen molar-refractivity contribution in [3.05, 3.63) is 78.0 Å². The summed E-state index contributed by atoms with van der Waals surface area (Å²) in [4.78, 5) is 11.6. The highest BCUT2D eigenvalue weighted by Crippen LogP contribution is 2.38. The van der Waals surface area contributed by atoms with Gasteiger partial charge in [0.2, 0.25) is 0 Å². The molecule has 0 spiro atoms. The molecule has 0 amide bonds. The zero-order valence-corrected chi connectivity index (χ0v) is 16.3. The van der Waals surface area contributed by atoms with Crippen LogP contribution in [-0.4, -0.2) is 21.7 Å². The summed E-state index contributed by atoms with van der Waals surface area (Å²) in [6, 6.07) is 14.7. The van der Waals surface area contributed by atoms with E-state index in [-0.39, 0.29) is 24.0 Å². The van der Waals surface area contributed by atoms with E-state index in [1.54, 1.807) is 18.2 Å². The number of benzene rings is 2. The van der Waals surface area contributed by atoms with E-state index in [0.29, 0.717) is 0 Å². The minimum absolute atomic E-state index is 0.0130. The Labute approximate surface area is 168 Å². The lowest BCUT2D eigenvalue weighted by Gasteiger charge is -2.18. The van der Waals surface area contributed by atoms with Crippen LogP contribution in [0.4, 0.5) is 4.39 Å². The van der Waals surface area contributed by atoms with Gasteiger partial charge in [0.1, 0.15) is 17.7 Å². The van der Waals surface area contributed by atoms with Crippen LogP contribution < -0.4 is 0 Å². The fraction of sp³-hybridized carbons (Fsp3) is 0.208. The molecule has 1 atom stereocenters. The number of fused-ring (bicyclic) bond motifs is 1. The van der Waals surface area contributed by atoms with E-state index >= 15 is 0 Å². The fourth-order valence-corrected chi connectivity index (χ4v) is 3.85. The highest BCUT2D eigenvalue weighted by molar-refractivity contribution is 6.01. The number of carbonyl (C=O) groups is 1. The molecule has 5 heteroatoms. The first-order valence-corrected chi connectivity index (χ1v) is 9.61. The SMILES string of the molecule is CC(C)n1c(C=CC2CC(O)=CC(=O)O2)c(-c2ccc(F)cc2)c2ccccc21. The number of halogens is 1. The Balaban J connectivity index is 1.89. The van der Waals surface area contributed by atoms with Gasteiger partial charge in [-0.25, -0.2) is 9.18 Å². The fourth-order valence-electron chi connectivity index (χ4n) is 3.85. The number of ether oxygens (including phenoxy) is 1. The lowest BCUT2D eigenvalue weighted by atomic mass is 10.0. The van der Waals surface area contributed by atoms with Crippen molar-refractivity contribution in [3.8, 4) is 11.1 Å². The predicted molar refractivity (Wildman–Crippen MR) is 112 cm³/mol. The summed E-state index contributed by atoms with van der Waals surface area (Å²) >= 11 is 0. The van der Waals surface area contributed by atoms with E-state index in [1.807, 2.05) is 18.2 Å². The van der Waals surface area contributed by atoms with Crippen molar-refractivity contribution < 1.29 is 19.0 Å². The molecule has 1 unspecified atom stereocenters. The number of nitrogens with zero attached hydrogens (tertiary/aromatic N) is 1. The Kier molecular flexibility index (Phi) is 4.97. The maximum absolute atomic E-state index is 13.5. The van der Waals surface area contributed by atoms with Gasteiger partial charge in [-0.3, -0.25) is 0 Å². The van der Waals surface area contributed by atoms with E-state index in [0.717, 1.165) is 33.8 Å². The van der Waals surface area contributed by atoms with Crippen molar-refractivity contribution in [3.63, 3.8) is 0 Å². The monoisotopic (exact) mass is 391 g/mol. The summed E-state index contributed by atoms with van der Waals surface area (Å²) in [5.41, 5.74) is 3.92. The van der Waals surface area contributed by atoms with Crippen LogP contribution in [0.2, 0.25) is 0 Å². The Morgan fingerprint density at radius 1 is 1.17 bits per heavy atom. The molecular weight excluding hydrogens is 369 g/mol. The number of aromatic nitrogens is 1. The largest absolute Gasteiger partial charge is 0.512 e. The van der Waals surface area contributed by atoms with E-state index in [9.17, 15) is 14.3 Å². The summed E-state index contributed by atoms with van der Waals surface area (Å²) in [6.07, 6.45) is 4.53. The smallest absolute Gasteiger partial charge is 0.334 e. The van der Waals surface area contributed by atoms with Gasteiger partial charge in [-0.15, -0.1) is 0 Å². The molecule has 0 fully saturated rings. The first-order chi connectivity index (χ1) is 13.9. The summed E-state index contributed by atoms with van der Waals surface area (Å²) in [5.74, 6) is -0.819. The van der Waals surface area contributed by atoms with Crippen LogP contribution in [0.5, 0.6) is 0 Å². The molecule has 4 nitrogen and oxygen atoms in total. The van der Waals surface area contributed by atoms with E-state index in [4.69, 9.17) is 4.74 Å². The number of aliphatic hydroxyl groups excluding tert-OH is 1. The molecule has 29 heavy (non-hydrogen) atoms. The van der Waals surface area contributed by atoms with Crippen molar-refractivity contribution in [1.29, 1.82) is 0 Å². The van der Waals surface area contributed by atoms with Crippen LogP contribution >= 0.6 is 0 Å². The minimum Gasteiger partial charge on any atom is -0.512 e. The third-order valence-electron chi connectivity index (χ3n) is 5.03. The molecule has 1 aromatic heterocycles. The van der Waals surface area contributed by atoms with Gasteiger partial charge in [0.15, 0.2) is 0 Å². The predicted octanol–water partition coefficient (Wildman–Crippen LogP) is 5.80. The van der Waals surface area contributed by atoms with Crippen molar-refractivity contribution in [2.75, 3.05) is 0 Å². The Hall–Kier alpha value is -3.34. The Morgan fingerprint density at radius 2 is 1.90 bits per heavy atom. The second kappa shape index (κ2) is 7.59. The number of rotatable bonds is 4. The molecule has 0 saturated heterocycles. The van der Waals surface area contributed by atoms with Crippen molar-refractivity contribution in [1.82, 2.24) is 4.57 Å². The summed E-state index contributed by atoms with van der Waals surface area (Å²) in [5, 5.41) is 10.8. The molecular formula is C24H22FNO3. The third-order valence-corrected chi connectivity index (χ3v) is 5.03. The maximum Gasteiger partial charge on any atom is 0.334 e. The second-order valence-corrected chi connectivity index (χ2v) is 7.42.